The minimum absolute atomic E-state index is 0.0601. The zero-order valence-corrected chi connectivity index (χ0v) is 24.8. The number of hydrogen-bond acceptors (Lipinski definition) is 6. The average Bonchev–Trinajstić information content (AvgIpc) is 3.45. The molecule has 0 aromatic heterocycles. The van der Waals surface area contributed by atoms with Crippen LogP contribution >= 0.6 is 27.7 Å². The average molecular weight is 606 g/mol. The number of likely N-dealkylation sites (tertiary alicyclic amines) is 1. The largest absolute Gasteiger partial charge is 0.461 e. The lowest BCUT2D eigenvalue weighted by Gasteiger charge is -2.41. The number of rotatable bonds is 10. The number of fused-ring (bicyclic) bond motifs is 1. The number of benzene rings is 1. The minimum atomic E-state index is -0.856. The van der Waals surface area contributed by atoms with Crippen LogP contribution in [-0.2, 0) is 19.1 Å². The number of ether oxygens (including phenoxy) is 1. The molecule has 1 aromatic rings. The summed E-state index contributed by atoms with van der Waals surface area (Å²) in [6.45, 7) is 15.4. The van der Waals surface area contributed by atoms with E-state index in [2.05, 4.69) is 29.1 Å². The monoisotopic (exact) mass is 604 g/mol. The first-order valence-corrected chi connectivity index (χ1v) is 14.9. The van der Waals surface area contributed by atoms with Crippen molar-refractivity contribution < 1.29 is 24.2 Å². The number of aliphatic hydroxyl groups excluding tert-OH is 1. The predicted molar refractivity (Wildman–Crippen MR) is 154 cm³/mol. The molecular weight excluding hydrogens is 568 g/mol. The molecule has 7 atom stereocenters. The quantitative estimate of drug-likeness (QED) is 0.246. The first kappa shape index (κ1) is 28.9. The Balaban J connectivity index is 1.88. The predicted octanol–water partition coefficient (Wildman–Crippen LogP) is 4.03. The summed E-state index contributed by atoms with van der Waals surface area (Å²) in [5.41, 5.74) is 2.69. The number of aryl methyl sites for hydroxylation is 2. The van der Waals surface area contributed by atoms with Crippen molar-refractivity contribution in [2.45, 2.75) is 61.0 Å². The second kappa shape index (κ2) is 11.2. The van der Waals surface area contributed by atoms with Gasteiger partial charge in [0.25, 0.3) is 5.91 Å². The molecule has 1 spiro atoms. The molecule has 3 aliphatic heterocycles. The summed E-state index contributed by atoms with van der Waals surface area (Å²) >= 11 is 5.33. The summed E-state index contributed by atoms with van der Waals surface area (Å²) < 4.78 is 4.63. The van der Waals surface area contributed by atoms with Crippen molar-refractivity contribution in [1.29, 1.82) is 0 Å². The number of carbonyl (C=O) groups excluding carboxylic acids is 3. The summed E-state index contributed by atoms with van der Waals surface area (Å²) in [7, 11) is 0. The van der Waals surface area contributed by atoms with E-state index in [-0.39, 0.29) is 47.6 Å². The van der Waals surface area contributed by atoms with E-state index in [1.165, 1.54) is 6.08 Å². The van der Waals surface area contributed by atoms with Gasteiger partial charge in [0.15, 0.2) is 0 Å². The molecule has 3 unspecified atom stereocenters. The maximum atomic E-state index is 14.8. The standard InChI is InChI=1S/C29H37BrN2O5S/c1-7-12-31(23-17(5)10-9-11-18(23)6)27(35)25-29-14-19(30)24(38-29)21(28(36)37-13-8-2)22(29)26(34)32(25)20(15-33)16(3)4/h7-11,16,19-22,24-25,33H,1-2,12-15H2,3-6H3/t19?,20-,21+,22-,24+,25?,29?/m0/s1. The third-order valence-corrected chi connectivity index (χ3v) is 11.4. The van der Waals surface area contributed by atoms with Gasteiger partial charge >= 0.3 is 5.97 Å². The van der Waals surface area contributed by atoms with E-state index in [4.69, 9.17) is 4.74 Å². The fourth-order valence-corrected chi connectivity index (χ4v) is 10.2. The normalized spacial score (nSPS) is 30.3. The molecule has 9 heteroatoms. The zero-order chi connectivity index (χ0) is 27.9. The Morgan fingerprint density at radius 2 is 1.95 bits per heavy atom. The van der Waals surface area contributed by atoms with Gasteiger partial charge in [0, 0.05) is 22.3 Å². The molecular formula is C29H37BrN2O5S. The lowest BCUT2D eigenvalue weighted by molar-refractivity contribution is -0.153. The van der Waals surface area contributed by atoms with Gasteiger partial charge < -0.3 is 19.6 Å². The minimum Gasteiger partial charge on any atom is -0.461 e. The lowest BCUT2D eigenvalue weighted by atomic mass is 9.71. The summed E-state index contributed by atoms with van der Waals surface area (Å²) in [6, 6.07) is 4.45. The van der Waals surface area contributed by atoms with Crippen LogP contribution in [0.5, 0.6) is 0 Å². The summed E-state index contributed by atoms with van der Waals surface area (Å²) in [5.74, 6) is -2.42. The molecule has 7 nitrogen and oxygen atoms in total. The van der Waals surface area contributed by atoms with E-state index in [0.717, 1.165) is 16.8 Å². The van der Waals surface area contributed by atoms with Gasteiger partial charge in [-0.05, 0) is 37.3 Å². The highest BCUT2D eigenvalue weighted by Gasteiger charge is 2.76. The molecule has 3 heterocycles. The van der Waals surface area contributed by atoms with Gasteiger partial charge in [-0.1, -0.05) is 66.7 Å². The van der Waals surface area contributed by atoms with E-state index in [0.29, 0.717) is 6.42 Å². The topological polar surface area (TPSA) is 87.2 Å². The first-order chi connectivity index (χ1) is 18.0. The third kappa shape index (κ3) is 4.44. The van der Waals surface area contributed by atoms with E-state index in [1.54, 1.807) is 27.6 Å². The SMILES string of the molecule is C=CCOC(=O)[C@H]1[C@@H]2SC3(CC2Br)C(C(=O)N(CC=C)c2c(C)cccc2C)N([C@@H](CO)C(C)C)C(=O)[C@H]13. The molecule has 0 radical (unpaired) electrons. The molecule has 3 fully saturated rings. The molecule has 0 aliphatic carbocycles. The number of carbonyl (C=O) groups is 3. The van der Waals surface area contributed by atoms with Crippen molar-refractivity contribution in [2.75, 3.05) is 24.7 Å². The molecule has 4 rings (SSSR count). The fourth-order valence-electron chi connectivity index (χ4n) is 6.63. The van der Waals surface area contributed by atoms with Crippen LogP contribution in [0, 0.1) is 31.6 Å². The van der Waals surface area contributed by atoms with Crippen molar-refractivity contribution in [3.8, 4) is 0 Å². The highest BCUT2D eigenvalue weighted by Crippen LogP contribution is 2.68. The number of alkyl halides is 1. The number of nitrogens with zero attached hydrogens (tertiary/aromatic N) is 2. The summed E-state index contributed by atoms with van der Waals surface area (Å²) in [5, 5.41) is 10.2. The second-order valence-electron chi connectivity index (χ2n) is 10.8. The lowest BCUT2D eigenvalue weighted by Crippen LogP contribution is -2.59. The maximum absolute atomic E-state index is 14.8. The Morgan fingerprint density at radius 3 is 2.50 bits per heavy atom. The number of aliphatic hydroxyl groups is 1. The molecule has 206 valence electrons. The Hall–Kier alpha value is -2.10. The number of halogens is 1. The van der Waals surface area contributed by atoms with Crippen molar-refractivity contribution in [3.05, 3.63) is 54.6 Å². The number of thioether (sulfide) groups is 1. The Labute approximate surface area is 237 Å². The molecule has 2 amide bonds. The summed E-state index contributed by atoms with van der Waals surface area (Å²) in [4.78, 5) is 45.6. The van der Waals surface area contributed by atoms with E-state index < -0.39 is 34.6 Å². The van der Waals surface area contributed by atoms with Gasteiger partial charge in [-0.3, -0.25) is 14.4 Å². The molecule has 1 N–H and O–H groups in total. The molecule has 3 aliphatic rings. The van der Waals surface area contributed by atoms with Gasteiger partial charge in [-0.2, -0.15) is 0 Å². The van der Waals surface area contributed by atoms with E-state index >= 15 is 0 Å². The van der Waals surface area contributed by atoms with Gasteiger partial charge in [0.2, 0.25) is 5.91 Å². The molecule has 2 bridgehead atoms. The number of amides is 2. The highest BCUT2D eigenvalue weighted by atomic mass is 79.9. The van der Waals surface area contributed by atoms with Crippen LogP contribution in [0.3, 0.4) is 0 Å². The Morgan fingerprint density at radius 1 is 1.29 bits per heavy atom. The van der Waals surface area contributed by atoms with E-state index in [9.17, 15) is 19.5 Å². The van der Waals surface area contributed by atoms with Crippen molar-refractivity contribution in [2.24, 2.45) is 17.8 Å². The van der Waals surface area contributed by atoms with Crippen molar-refractivity contribution in [3.63, 3.8) is 0 Å². The van der Waals surface area contributed by atoms with Crippen molar-refractivity contribution in [1.82, 2.24) is 4.90 Å². The number of hydrogen-bond donors (Lipinski definition) is 1. The maximum Gasteiger partial charge on any atom is 0.311 e. The number of para-hydroxylation sites is 1. The first-order valence-electron chi connectivity index (χ1n) is 13.1. The Bertz CT molecular complexity index is 1120. The second-order valence-corrected chi connectivity index (χ2v) is 13.5. The van der Waals surface area contributed by atoms with Crippen LogP contribution in [-0.4, -0.2) is 74.5 Å². The smallest absolute Gasteiger partial charge is 0.311 e. The molecule has 0 saturated carbocycles. The van der Waals surface area contributed by atoms with Gasteiger partial charge in [0.05, 0.1) is 29.2 Å². The van der Waals surface area contributed by atoms with Gasteiger partial charge in [-0.15, -0.1) is 18.3 Å². The highest BCUT2D eigenvalue weighted by molar-refractivity contribution is 9.09. The van der Waals surface area contributed by atoms with E-state index in [1.807, 2.05) is 45.9 Å². The third-order valence-electron chi connectivity index (χ3n) is 8.18. The molecule has 3 saturated heterocycles. The zero-order valence-electron chi connectivity index (χ0n) is 22.4. The van der Waals surface area contributed by atoms with Crippen LogP contribution in [0.15, 0.2) is 43.5 Å². The van der Waals surface area contributed by atoms with Crippen LogP contribution < -0.4 is 4.90 Å². The molecule has 38 heavy (non-hydrogen) atoms. The Kier molecular flexibility index (Phi) is 8.50. The van der Waals surface area contributed by atoms with Crippen LogP contribution in [0.4, 0.5) is 5.69 Å². The fraction of sp³-hybridized carbons (Fsp3) is 0.552. The van der Waals surface area contributed by atoms with Crippen molar-refractivity contribution >= 4 is 51.2 Å². The van der Waals surface area contributed by atoms with Crippen LogP contribution in [0.25, 0.3) is 0 Å². The number of esters is 1. The number of anilines is 1. The van der Waals surface area contributed by atoms with Crippen LogP contribution in [0.1, 0.15) is 31.4 Å². The molecule has 1 aromatic carbocycles. The van der Waals surface area contributed by atoms with Gasteiger partial charge in [0.1, 0.15) is 12.6 Å². The van der Waals surface area contributed by atoms with Crippen LogP contribution in [0.2, 0.25) is 0 Å². The van der Waals surface area contributed by atoms with Gasteiger partial charge in [-0.25, -0.2) is 0 Å². The summed E-state index contributed by atoms with van der Waals surface area (Å²) in [6.07, 6.45) is 3.75.